The Bertz CT molecular complexity index is 618. The lowest BCUT2D eigenvalue weighted by Crippen LogP contribution is -2.42. The van der Waals surface area contributed by atoms with Gasteiger partial charge in [0.1, 0.15) is 5.52 Å². The number of morpholine rings is 1. The van der Waals surface area contributed by atoms with Gasteiger partial charge in [0.2, 0.25) is 0 Å². The minimum absolute atomic E-state index is 0.385. The molecule has 18 heavy (non-hydrogen) atoms. The number of nitrogens with zero attached hydrogens (tertiary/aromatic N) is 3. The van der Waals surface area contributed by atoms with E-state index in [4.69, 9.17) is 15.7 Å². The van der Waals surface area contributed by atoms with Crippen LogP contribution in [0, 0.1) is 11.3 Å². The number of anilines is 2. The second-order valence-corrected chi connectivity index (χ2v) is 5.02. The number of aromatic nitrogens is 1. The molecule has 1 fully saturated rings. The number of hydrogen-bond donors (Lipinski definition) is 1. The summed E-state index contributed by atoms with van der Waals surface area (Å²) in [4.78, 5) is 6.37. The van der Waals surface area contributed by atoms with E-state index in [0.717, 1.165) is 22.4 Å². The van der Waals surface area contributed by atoms with Gasteiger partial charge in [0, 0.05) is 6.54 Å². The van der Waals surface area contributed by atoms with E-state index < -0.39 is 0 Å². The number of nitrogens with two attached hydrogens (primary N) is 1. The molecule has 6 heteroatoms. The summed E-state index contributed by atoms with van der Waals surface area (Å²) in [6.07, 6.45) is -0.385. The third-order valence-corrected chi connectivity index (χ3v) is 3.86. The molecule has 1 aromatic carbocycles. The van der Waals surface area contributed by atoms with Gasteiger partial charge in [-0.05, 0) is 12.1 Å². The standard InChI is InChI=1S/C12H12N4OS/c13-5-8-6-16(3-4-17-8)9-1-2-10-12(11(9)14)15-7-18-10/h1-2,7-8H,3-4,6,14H2. The van der Waals surface area contributed by atoms with Crippen molar-refractivity contribution in [3.05, 3.63) is 17.6 Å². The summed E-state index contributed by atoms with van der Waals surface area (Å²) >= 11 is 1.58. The highest BCUT2D eigenvalue weighted by Gasteiger charge is 2.22. The lowest BCUT2D eigenvalue weighted by Gasteiger charge is -2.32. The fourth-order valence-electron chi connectivity index (χ4n) is 2.16. The Morgan fingerprint density at radius 1 is 1.56 bits per heavy atom. The summed E-state index contributed by atoms with van der Waals surface area (Å²) in [7, 11) is 0. The van der Waals surface area contributed by atoms with Gasteiger partial charge in [0.15, 0.2) is 6.10 Å². The molecule has 0 spiro atoms. The van der Waals surface area contributed by atoms with E-state index in [9.17, 15) is 0 Å². The SMILES string of the molecule is N#CC1CN(c2ccc3scnc3c2N)CCO1. The van der Waals surface area contributed by atoms with Gasteiger partial charge in [-0.2, -0.15) is 5.26 Å². The topological polar surface area (TPSA) is 75.2 Å². The maximum atomic E-state index is 8.92. The van der Waals surface area contributed by atoms with Crippen molar-refractivity contribution < 1.29 is 4.74 Å². The zero-order valence-electron chi connectivity index (χ0n) is 9.67. The molecule has 1 aliphatic heterocycles. The Balaban J connectivity index is 1.98. The van der Waals surface area contributed by atoms with Crippen LogP contribution in [0.25, 0.3) is 10.2 Å². The van der Waals surface area contributed by atoms with Crippen molar-refractivity contribution in [2.45, 2.75) is 6.10 Å². The molecule has 1 aromatic heterocycles. The highest BCUT2D eigenvalue weighted by atomic mass is 32.1. The average Bonchev–Trinajstić information content (AvgIpc) is 2.88. The van der Waals surface area contributed by atoms with Gasteiger partial charge in [-0.3, -0.25) is 0 Å². The van der Waals surface area contributed by atoms with Crippen LogP contribution >= 0.6 is 11.3 Å². The second-order valence-electron chi connectivity index (χ2n) is 4.13. The number of nitriles is 1. The molecule has 0 saturated carbocycles. The van der Waals surface area contributed by atoms with Gasteiger partial charge in [0.05, 0.1) is 40.8 Å². The molecule has 2 N–H and O–H groups in total. The molecule has 2 heterocycles. The van der Waals surface area contributed by atoms with Crippen LogP contribution in [0.15, 0.2) is 17.6 Å². The number of nitrogen functional groups attached to an aromatic ring is 1. The third kappa shape index (κ3) is 1.78. The summed E-state index contributed by atoms with van der Waals surface area (Å²) in [6, 6.07) is 6.16. The van der Waals surface area contributed by atoms with Crippen LogP contribution in [0.5, 0.6) is 0 Å². The molecule has 5 nitrogen and oxygen atoms in total. The largest absolute Gasteiger partial charge is 0.395 e. The molecule has 92 valence electrons. The van der Waals surface area contributed by atoms with E-state index in [1.807, 2.05) is 12.1 Å². The highest BCUT2D eigenvalue weighted by Crippen LogP contribution is 2.33. The molecule has 3 rings (SSSR count). The number of ether oxygens (including phenoxy) is 1. The highest BCUT2D eigenvalue weighted by molar-refractivity contribution is 7.16. The van der Waals surface area contributed by atoms with Crippen molar-refractivity contribution in [2.75, 3.05) is 30.3 Å². The van der Waals surface area contributed by atoms with E-state index in [0.29, 0.717) is 18.8 Å². The Morgan fingerprint density at radius 3 is 3.28 bits per heavy atom. The number of rotatable bonds is 1. The van der Waals surface area contributed by atoms with E-state index in [1.54, 1.807) is 16.8 Å². The normalized spacial score (nSPS) is 19.9. The van der Waals surface area contributed by atoms with Crippen LogP contribution < -0.4 is 10.6 Å². The van der Waals surface area contributed by atoms with Gasteiger partial charge in [-0.1, -0.05) is 0 Å². The zero-order valence-corrected chi connectivity index (χ0v) is 10.5. The first-order chi connectivity index (χ1) is 8.79. The predicted molar refractivity (Wildman–Crippen MR) is 71.6 cm³/mol. The molecule has 0 bridgehead atoms. The molecule has 1 unspecified atom stereocenters. The predicted octanol–water partition coefficient (Wildman–Crippen LogP) is 1.61. The maximum Gasteiger partial charge on any atom is 0.161 e. The zero-order chi connectivity index (χ0) is 12.5. The smallest absolute Gasteiger partial charge is 0.161 e. The molecule has 0 aliphatic carbocycles. The summed E-state index contributed by atoms with van der Waals surface area (Å²) in [5.41, 5.74) is 10.4. The van der Waals surface area contributed by atoms with E-state index in [1.165, 1.54) is 0 Å². The van der Waals surface area contributed by atoms with Gasteiger partial charge >= 0.3 is 0 Å². The Hall–Kier alpha value is -1.84. The van der Waals surface area contributed by atoms with Crippen molar-refractivity contribution in [2.24, 2.45) is 0 Å². The van der Waals surface area contributed by atoms with Crippen molar-refractivity contribution >= 4 is 32.9 Å². The van der Waals surface area contributed by atoms with Gasteiger partial charge < -0.3 is 15.4 Å². The third-order valence-electron chi connectivity index (χ3n) is 3.07. The van der Waals surface area contributed by atoms with Crippen LogP contribution in [0.1, 0.15) is 0 Å². The van der Waals surface area contributed by atoms with Gasteiger partial charge in [0.25, 0.3) is 0 Å². The summed E-state index contributed by atoms with van der Waals surface area (Å²) < 4.78 is 6.42. The fraction of sp³-hybridized carbons (Fsp3) is 0.333. The number of thiazole rings is 1. The van der Waals surface area contributed by atoms with Gasteiger partial charge in [-0.15, -0.1) is 11.3 Å². The average molecular weight is 260 g/mol. The fourth-order valence-corrected chi connectivity index (χ4v) is 2.86. The van der Waals surface area contributed by atoms with Gasteiger partial charge in [-0.25, -0.2) is 4.98 Å². The monoisotopic (exact) mass is 260 g/mol. The van der Waals surface area contributed by atoms with Crippen molar-refractivity contribution in [3.63, 3.8) is 0 Å². The quantitative estimate of drug-likeness (QED) is 0.788. The van der Waals surface area contributed by atoms with Crippen molar-refractivity contribution in [1.29, 1.82) is 5.26 Å². The van der Waals surface area contributed by atoms with Crippen LogP contribution in [-0.2, 0) is 4.74 Å². The Kier molecular flexibility index (Phi) is 2.78. The van der Waals surface area contributed by atoms with E-state index in [2.05, 4.69) is 16.0 Å². The lowest BCUT2D eigenvalue weighted by molar-refractivity contribution is 0.0765. The summed E-state index contributed by atoms with van der Waals surface area (Å²) in [5, 5.41) is 8.92. The number of benzene rings is 1. The molecular weight excluding hydrogens is 248 g/mol. The van der Waals surface area contributed by atoms with Crippen LogP contribution in [-0.4, -0.2) is 30.8 Å². The minimum Gasteiger partial charge on any atom is -0.395 e. The van der Waals surface area contributed by atoms with Crippen LogP contribution in [0.2, 0.25) is 0 Å². The Labute approximate surface area is 108 Å². The molecule has 0 radical (unpaired) electrons. The second kappa shape index (κ2) is 4.44. The summed E-state index contributed by atoms with van der Waals surface area (Å²) in [6.45, 7) is 1.85. The van der Waals surface area contributed by atoms with Crippen molar-refractivity contribution in [1.82, 2.24) is 4.98 Å². The first kappa shape index (κ1) is 11.3. The molecule has 1 atom stereocenters. The number of hydrogen-bond acceptors (Lipinski definition) is 6. The molecular formula is C12H12N4OS. The molecule has 1 saturated heterocycles. The first-order valence-corrected chi connectivity index (χ1v) is 6.55. The number of fused-ring (bicyclic) bond motifs is 1. The first-order valence-electron chi connectivity index (χ1n) is 5.67. The van der Waals surface area contributed by atoms with E-state index in [-0.39, 0.29) is 6.10 Å². The molecule has 1 aliphatic rings. The minimum atomic E-state index is -0.385. The Morgan fingerprint density at radius 2 is 2.44 bits per heavy atom. The van der Waals surface area contributed by atoms with Crippen molar-refractivity contribution in [3.8, 4) is 6.07 Å². The lowest BCUT2D eigenvalue weighted by atomic mass is 10.2. The van der Waals surface area contributed by atoms with E-state index >= 15 is 0 Å². The summed E-state index contributed by atoms with van der Waals surface area (Å²) in [5.74, 6) is 0. The molecule has 0 amide bonds. The van der Waals surface area contributed by atoms with Crippen LogP contribution in [0.3, 0.4) is 0 Å². The maximum absolute atomic E-state index is 8.92. The molecule has 2 aromatic rings. The van der Waals surface area contributed by atoms with Crippen LogP contribution in [0.4, 0.5) is 11.4 Å².